The maximum absolute atomic E-state index is 12.7. The van der Waals surface area contributed by atoms with E-state index in [1.807, 2.05) is 24.3 Å². The zero-order valence-corrected chi connectivity index (χ0v) is 15.8. The van der Waals surface area contributed by atoms with Crippen LogP contribution in [0.5, 0.6) is 5.75 Å². The van der Waals surface area contributed by atoms with Gasteiger partial charge in [-0.25, -0.2) is 0 Å². The van der Waals surface area contributed by atoms with E-state index in [4.69, 9.17) is 16.3 Å². The summed E-state index contributed by atoms with van der Waals surface area (Å²) in [6.07, 6.45) is 4.08. The van der Waals surface area contributed by atoms with E-state index in [1.165, 1.54) is 18.2 Å². The zero-order chi connectivity index (χ0) is 19.4. The number of nitrogens with zero attached hydrogens (tertiary/aromatic N) is 1. The Bertz CT molecular complexity index is 846. The van der Waals surface area contributed by atoms with Crippen LogP contribution < -0.4 is 10.1 Å². The molecule has 2 aromatic carbocycles. The lowest BCUT2D eigenvalue weighted by molar-refractivity contribution is -0.385. The van der Waals surface area contributed by atoms with Gasteiger partial charge in [-0.05, 0) is 42.7 Å². The quantitative estimate of drug-likeness (QED) is 0.583. The van der Waals surface area contributed by atoms with Gasteiger partial charge in [0.25, 0.3) is 11.6 Å². The fraction of sp³-hybridized carbons (Fsp3) is 0.350. The van der Waals surface area contributed by atoms with Crippen molar-refractivity contribution < 1.29 is 14.5 Å². The molecule has 7 heteroatoms. The number of amides is 1. The summed E-state index contributed by atoms with van der Waals surface area (Å²) in [4.78, 5) is 23.3. The predicted molar refractivity (Wildman–Crippen MR) is 104 cm³/mol. The number of nitrogens with one attached hydrogen (secondary N) is 1. The molecule has 6 nitrogen and oxygen atoms in total. The average Bonchev–Trinajstić information content (AvgIpc) is 3.16. The molecule has 1 fully saturated rings. The van der Waals surface area contributed by atoms with Crippen molar-refractivity contribution >= 4 is 23.2 Å². The van der Waals surface area contributed by atoms with E-state index < -0.39 is 10.8 Å². The average molecular weight is 389 g/mol. The van der Waals surface area contributed by atoms with E-state index in [0.29, 0.717) is 6.54 Å². The highest BCUT2D eigenvalue weighted by atomic mass is 35.5. The summed E-state index contributed by atoms with van der Waals surface area (Å²) in [7, 11) is 1.62. The Kier molecular flexibility index (Phi) is 5.65. The van der Waals surface area contributed by atoms with Crippen LogP contribution >= 0.6 is 11.6 Å². The number of carbonyl (C=O) groups excluding carboxylic acids is 1. The van der Waals surface area contributed by atoms with Gasteiger partial charge in [-0.1, -0.05) is 36.6 Å². The molecule has 3 rings (SSSR count). The second-order valence-corrected chi connectivity index (χ2v) is 7.25. The van der Waals surface area contributed by atoms with Crippen molar-refractivity contribution in [2.24, 2.45) is 0 Å². The van der Waals surface area contributed by atoms with Gasteiger partial charge in [0.1, 0.15) is 11.3 Å². The predicted octanol–water partition coefficient (Wildman–Crippen LogP) is 4.50. The Hall–Kier alpha value is -2.60. The van der Waals surface area contributed by atoms with Crippen LogP contribution in [0.1, 0.15) is 41.6 Å². The van der Waals surface area contributed by atoms with Crippen LogP contribution in [0.2, 0.25) is 5.02 Å². The summed E-state index contributed by atoms with van der Waals surface area (Å²) < 4.78 is 5.22. The summed E-state index contributed by atoms with van der Waals surface area (Å²) in [5.41, 5.74) is 0.703. The van der Waals surface area contributed by atoms with Gasteiger partial charge in [-0.15, -0.1) is 0 Å². The highest BCUT2D eigenvalue weighted by Gasteiger charge is 2.36. The van der Waals surface area contributed by atoms with Gasteiger partial charge in [-0.2, -0.15) is 0 Å². The smallest absolute Gasteiger partial charge is 0.282 e. The molecule has 1 N–H and O–H groups in total. The Morgan fingerprint density at radius 1 is 1.22 bits per heavy atom. The molecule has 142 valence electrons. The van der Waals surface area contributed by atoms with Crippen molar-refractivity contribution in [3.63, 3.8) is 0 Å². The minimum atomic E-state index is -0.569. The molecule has 0 spiro atoms. The first-order valence-electron chi connectivity index (χ1n) is 8.82. The molecule has 0 bridgehead atoms. The maximum Gasteiger partial charge on any atom is 0.282 e. The number of carbonyl (C=O) groups is 1. The number of nitro benzene ring substituents is 1. The minimum Gasteiger partial charge on any atom is -0.497 e. The van der Waals surface area contributed by atoms with E-state index in [-0.39, 0.29) is 21.7 Å². The van der Waals surface area contributed by atoms with Crippen molar-refractivity contribution in [1.29, 1.82) is 0 Å². The minimum absolute atomic E-state index is 0.0182. The molecule has 1 amide bonds. The van der Waals surface area contributed by atoms with Crippen LogP contribution in [0.25, 0.3) is 0 Å². The number of benzene rings is 2. The second-order valence-electron chi connectivity index (χ2n) is 6.82. The maximum atomic E-state index is 12.7. The molecule has 0 aromatic heterocycles. The van der Waals surface area contributed by atoms with E-state index in [0.717, 1.165) is 37.0 Å². The molecule has 1 aliphatic carbocycles. The van der Waals surface area contributed by atoms with Crippen LogP contribution in [-0.4, -0.2) is 24.5 Å². The van der Waals surface area contributed by atoms with E-state index in [1.54, 1.807) is 7.11 Å². The van der Waals surface area contributed by atoms with Gasteiger partial charge in [0, 0.05) is 23.0 Å². The third kappa shape index (κ3) is 4.06. The fourth-order valence-corrected chi connectivity index (χ4v) is 3.93. The van der Waals surface area contributed by atoms with Crippen LogP contribution in [0.15, 0.2) is 42.5 Å². The Morgan fingerprint density at radius 2 is 1.89 bits per heavy atom. The number of halogens is 1. The van der Waals surface area contributed by atoms with Crippen molar-refractivity contribution in [2.75, 3.05) is 13.7 Å². The van der Waals surface area contributed by atoms with Gasteiger partial charge >= 0.3 is 0 Å². The highest BCUT2D eigenvalue weighted by Crippen LogP contribution is 2.41. The Balaban J connectivity index is 1.81. The molecule has 0 atom stereocenters. The molecule has 0 saturated heterocycles. The van der Waals surface area contributed by atoms with Gasteiger partial charge in [0.2, 0.25) is 0 Å². The molecule has 0 unspecified atom stereocenters. The second kappa shape index (κ2) is 7.96. The van der Waals surface area contributed by atoms with Gasteiger partial charge < -0.3 is 10.1 Å². The Labute approximate surface area is 162 Å². The number of methoxy groups -OCH3 is 1. The SMILES string of the molecule is COc1ccc(C2(CNC(=O)c3cc(Cl)ccc3[N+](=O)[O-])CCCC2)cc1. The third-order valence-electron chi connectivity index (χ3n) is 5.25. The third-order valence-corrected chi connectivity index (χ3v) is 5.49. The number of hydrogen-bond acceptors (Lipinski definition) is 4. The lowest BCUT2D eigenvalue weighted by Gasteiger charge is -2.30. The summed E-state index contributed by atoms with van der Waals surface area (Å²) in [5, 5.41) is 14.4. The summed E-state index contributed by atoms with van der Waals surface area (Å²) in [6.45, 7) is 0.418. The van der Waals surface area contributed by atoms with E-state index in [2.05, 4.69) is 5.32 Å². The lowest BCUT2D eigenvalue weighted by atomic mass is 9.78. The normalized spacial score (nSPS) is 15.3. The first-order valence-corrected chi connectivity index (χ1v) is 9.20. The summed E-state index contributed by atoms with van der Waals surface area (Å²) in [5.74, 6) is 0.300. The monoisotopic (exact) mass is 388 g/mol. The van der Waals surface area contributed by atoms with Crippen molar-refractivity contribution in [2.45, 2.75) is 31.1 Å². The van der Waals surface area contributed by atoms with Gasteiger partial charge in [0.05, 0.1) is 12.0 Å². The van der Waals surface area contributed by atoms with Crippen LogP contribution in [0.3, 0.4) is 0 Å². The van der Waals surface area contributed by atoms with E-state index >= 15 is 0 Å². The topological polar surface area (TPSA) is 81.5 Å². The number of rotatable bonds is 6. The lowest BCUT2D eigenvalue weighted by Crippen LogP contribution is -2.39. The van der Waals surface area contributed by atoms with Gasteiger partial charge in [0.15, 0.2) is 0 Å². The molecule has 1 saturated carbocycles. The molecule has 0 aliphatic heterocycles. The standard InChI is InChI=1S/C20H21ClN2O4/c1-27-16-7-4-14(5-8-16)20(10-2-3-11-20)13-22-19(24)17-12-15(21)6-9-18(17)23(25)26/h4-9,12H,2-3,10-11,13H2,1H3,(H,22,24). The molecule has 0 heterocycles. The van der Waals surface area contributed by atoms with E-state index in [9.17, 15) is 14.9 Å². The largest absolute Gasteiger partial charge is 0.497 e. The first kappa shape index (κ1) is 19.2. The molecular weight excluding hydrogens is 368 g/mol. The summed E-state index contributed by atoms with van der Waals surface area (Å²) in [6, 6.07) is 11.9. The molecule has 2 aromatic rings. The fourth-order valence-electron chi connectivity index (χ4n) is 3.76. The first-order chi connectivity index (χ1) is 12.9. The van der Waals surface area contributed by atoms with Crippen LogP contribution in [0, 0.1) is 10.1 Å². The summed E-state index contributed by atoms with van der Waals surface area (Å²) >= 11 is 5.93. The van der Waals surface area contributed by atoms with Crippen molar-refractivity contribution in [1.82, 2.24) is 5.32 Å². The number of ether oxygens (including phenoxy) is 1. The van der Waals surface area contributed by atoms with Crippen LogP contribution in [0.4, 0.5) is 5.69 Å². The molecule has 0 radical (unpaired) electrons. The zero-order valence-electron chi connectivity index (χ0n) is 15.0. The van der Waals surface area contributed by atoms with Gasteiger partial charge in [-0.3, -0.25) is 14.9 Å². The van der Waals surface area contributed by atoms with Crippen molar-refractivity contribution in [3.8, 4) is 5.75 Å². The number of hydrogen-bond donors (Lipinski definition) is 1. The molecular formula is C20H21ClN2O4. The Morgan fingerprint density at radius 3 is 2.48 bits per heavy atom. The van der Waals surface area contributed by atoms with Crippen LogP contribution in [-0.2, 0) is 5.41 Å². The molecule has 1 aliphatic rings. The molecule has 27 heavy (non-hydrogen) atoms. The van der Waals surface area contributed by atoms with Crippen molar-refractivity contribution in [3.05, 3.63) is 68.7 Å². The number of nitro groups is 1. The highest BCUT2D eigenvalue weighted by molar-refractivity contribution is 6.31.